The monoisotopic (exact) mass is 694 g/mol. The maximum absolute atomic E-state index is 13.9. The van der Waals surface area contributed by atoms with E-state index in [4.69, 9.17) is 19.9 Å². The number of nitrogens with one attached hydrogen (secondary N) is 3. The second-order valence-electron chi connectivity index (χ2n) is 12.9. The van der Waals surface area contributed by atoms with Crippen LogP contribution in [0.15, 0.2) is 84.9 Å². The number of amides is 4. The highest BCUT2D eigenvalue weighted by Crippen LogP contribution is 2.36. The second-order valence-corrected chi connectivity index (χ2v) is 12.9. The van der Waals surface area contributed by atoms with Crippen molar-refractivity contribution in [1.29, 1.82) is 0 Å². The van der Waals surface area contributed by atoms with E-state index in [2.05, 4.69) is 20.9 Å². The third kappa shape index (κ3) is 8.17. The first-order valence-electron chi connectivity index (χ1n) is 16.7. The van der Waals surface area contributed by atoms with Crippen molar-refractivity contribution in [3.63, 3.8) is 0 Å². The van der Waals surface area contributed by atoms with Crippen molar-refractivity contribution in [2.24, 2.45) is 5.92 Å². The van der Waals surface area contributed by atoms with Crippen LogP contribution >= 0.6 is 0 Å². The Hall–Kier alpha value is -5.79. The van der Waals surface area contributed by atoms with Crippen LogP contribution in [-0.4, -0.2) is 78.4 Å². The van der Waals surface area contributed by atoms with E-state index in [1.807, 2.05) is 32.2 Å². The highest BCUT2D eigenvalue weighted by molar-refractivity contribution is 6.06. The topological polar surface area (TPSA) is 168 Å². The molecule has 0 bridgehead atoms. The minimum atomic E-state index is -0.535. The summed E-state index contributed by atoms with van der Waals surface area (Å²) in [7, 11) is 1.97. The molecular formula is C38H42N6O7. The van der Waals surface area contributed by atoms with Crippen LogP contribution in [-0.2, 0) is 6.54 Å². The smallest absolute Gasteiger partial charge is 0.323 e. The molecule has 2 aliphatic heterocycles. The highest BCUT2D eigenvalue weighted by Gasteiger charge is 2.34. The zero-order valence-electron chi connectivity index (χ0n) is 28.7. The Morgan fingerprint density at radius 2 is 1.71 bits per heavy atom. The largest absolute Gasteiger partial charge is 0.486 e. The van der Waals surface area contributed by atoms with Gasteiger partial charge in [0.1, 0.15) is 6.10 Å². The van der Waals surface area contributed by atoms with Gasteiger partial charge in [-0.3, -0.25) is 14.5 Å². The molecule has 51 heavy (non-hydrogen) atoms. The van der Waals surface area contributed by atoms with Gasteiger partial charge in [0, 0.05) is 42.9 Å². The summed E-state index contributed by atoms with van der Waals surface area (Å²) in [6.07, 6.45) is -0.406. The van der Waals surface area contributed by atoms with Gasteiger partial charge in [-0.15, -0.1) is 0 Å². The van der Waals surface area contributed by atoms with Gasteiger partial charge >= 0.3 is 6.03 Å². The summed E-state index contributed by atoms with van der Waals surface area (Å²) in [6, 6.07) is 23.6. The van der Waals surface area contributed by atoms with Crippen LogP contribution in [0.3, 0.4) is 0 Å². The number of ether oxygens (including phenoxy) is 3. The number of urea groups is 1. The van der Waals surface area contributed by atoms with Crippen LogP contribution in [0.5, 0.6) is 17.2 Å². The van der Waals surface area contributed by atoms with Crippen molar-refractivity contribution in [3.8, 4) is 17.2 Å². The lowest BCUT2D eigenvalue weighted by atomic mass is 9.98. The molecule has 266 valence electrons. The summed E-state index contributed by atoms with van der Waals surface area (Å²) >= 11 is 0. The van der Waals surface area contributed by atoms with Crippen molar-refractivity contribution in [3.05, 3.63) is 102 Å². The number of carbonyl (C=O) groups is 3. The number of aliphatic hydroxyl groups is 1. The van der Waals surface area contributed by atoms with Crippen molar-refractivity contribution in [1.82, 2.24) is 9.80 Å². The zero-order valence-corrected chi connectivity index (χ0v) is 28.7. The first kappa shape index (κ1) is 35.1. The molecule has 0 saturated carbocycles. The van der Waals surface area contributed by atoms with Crippen LogP contribution in [0.2, 0.25) is 0 Å². The van der Waals surface area contributed by atoms with Gasteiger partial charge in [-0.2, -0.15) is 0 Å². The summed E-state index contributed by atoms with van der Waals surface area (Å²) in [6.45, 7) is 5.10. The lowest BCUT2D eigenvalue weighted by molar-refractivity contribution is 0.0343. The minimum absolute atomic E-state index is 0.115. The van der Waals surface area contributed by atoms with Crippen LogP contribution < -0.4 is 35.9 Å². The molecule has 0 radical (unpaired) electrons. The molecule has 4 amide bonds. The number of anilines is 4. The molecule has 0 unspecified atom stereocenters. The standard InChI is InChI=1S/C38H42N6O7/c1-23-18-44(24(2)21-45)37(47)28-7-6-10-31(42-38(48)40-27-15-16-32-33(17-27)50-22-49-32)35(28)51-34(23)20-43(3)19-25-11-13-26(14-12-25)36(46)41-30-9-5-4-8-29(30)39/h4-17,23-24,34,45H,18-22,39H2,1-3H3,(H,41,46)(H2,40,42,48)/t23-,24+,34+/m0/s1. The van der Waals surface area contributed by atoms with Crippen molar-refractivity contribution >= 4 is 40.6 Å². The average molecular weight is 695 g/mol. The zero-order chi connectivity index (χ0) is 36.1. The molecule has 2 heterocycles. The number of hydrogen-bond donors (Lipinski definition) is 5. The van der Waals surface area contributed by atoms with E-state index in [0.717, 1.165) is 5.56 Å². The van der Waals surface area contributed by atoms with Crippen molar-refractivity contribution in [2.45, 2.75) is 32.5 Å². The van der Waals surface area contributed by atoms with E-state index in [9.17, 15) is 19.5 Å². The van der Waals surface area contributed by atoms with Crippen LogP contribution in [0, 0.1) is 5.92 Å². The quantitative estimate of drug-likeness (QED) is 0.139. The van der Waals surface area contributed by atoms with Gasteiger partial charge in [-0.1, -0.05) is 37.3 Å². The Balaban J connectivity index is 1.18. The van der Waals surface area contributed by atoms with E-state index in [1.165, 1.54) is 0 Å². The number of rotatable bonds is 10. The molecule has 13 nitrogen and oxygen atoms in total. The molecular weight excluding hydrogens is 652 g/mol. The molecule has 13 heteroatoms. The fourth-order valence-electron chi connectivity index (χ4n) is 6.07. The fourth-order valence-corrected chi connectivity index (χ4v) is 6.07. The number of aliphatic hydroxyl groups excluding tert-OH is 1. The summed E-state index contributed by atoms with van der Waals surface area (Å²) in [5, 5.41) is 18.5. The van der Waals surface area contributed by atoms with Gasteiger partial charge in [0.2, 0.25) is 6.79 Å². The van der Waals surface area contributed by atoms with Gasteiger partial charge < -0.3 is 45.9 Å². The van der Waals surface area contributed by atoms with Crippen molar-refractivity contribution < 1.29 is 33.7 Å². The Labute approximate surface area is 296 Å². The summed E-state index contributed by atoms with van der Waals surface area (Å²) in [5.41, 5.74) is 9.61. The van der Waals surface area contributed by atoms with Gasteiger partial charge in [-0.25, -0.2) is 4.79 Å². The van der Waals surface area contributed by atoms with Gasteiger partial charge in [0.05, 0.1) is 35.3 Å². The molecule has 0 fully saturated rings. The fraction of sp³-hybridized carbons (Fsp3) is 0.289. The summed E-state index contributed by atoms with van der Waals surface area (Å²) in [4.78, 5) is 43.7. The third-order valence-corrected chi connectivity index (χ3v) is 8.94. The second kappa shape index (κ2) is 15.4. The molecule has 0 aliphatic carbocycles. The molecule has 0 aromatic heterocycles. The lowest BCUT2D eigenvalue weighted by Gasteiger charge is -2.38. The van der Waals surface area contributed by atoms with E-state index < -0.39 is 18.2 Å². The predicted octanol–water partition coefficient (Wildman–Crippen LogP) is 5.25. The van der Waals surface area contributed by atoms with Gasteiger partial charge in [0.15, 0.2) is 17.2 Å². The molecule has 4 aromatic carbocycles. The number of likely N-dealkylation sites (N-methyl/N-ethyl adjacent to an activating group) is 1. The number of benzene rings is 4. The Kier molecular flexibility index (Phi) is 10.6. The minimum Gasteiger partial charge on any atom is -0.486 e. The highest BCUT2D eigenvalue weighted by atomic mass is 16.7. The van der Waals surface area contributed by atoms with Crippen molar-refractivity contribution in [2.75, 3.05) is 55.2 Å². The van der Waals surface area contributed by atoms with Gasteiger partial charge in [-0.05, 0) is 68.1 Å². The number of hydrogen-bond acceptors (Lipinski definition) is 9. The maximum Gasteiger partial charge on any atom is 0.323 e. The van der Waals surface area contributed by atoms with Crippen LogP contribution in [0.25, 0.3) is 0 Å². The number of nitrogen functional groups attached to an aromatic ring is 1. The Morgan fingerprint density at radius 3 is 2.47 bits per heavy atom. The molecule has 4 aromatic rings. The van der Waals surface area contributed by atoms with E-state index in [0.29, 0.717) is 59.4 Å². The lowest BCUT2D eigenvalue weighted by Crippen LogP contribution is -2.49. The maximum atomic E-state index is 13.9. The molecule has 2 aliphatic rings. The van der Waals surface area contributed by atoms with Crippen LogP contribution in [0.4, 0.5) is 27.5 Å². The predicted molar refractivity (Wildman–Crippen MR) is 194 cm³/mol. The number of nitrogens with zero attached hydrogens (tertiary/aromatic N) is 2. The number of carbonyl (C=O) groups excluding carboxylic acids is 3. The first-order chi connectivity index (χ1) is 24.6. The van der Waals surface area contributed by atoms with Crippen LogP contribution in [0.1, 0.15) is 40.1 Å². The Bertz CT molecular complexity index is 1900. The molecule has 6 rings (SSSR count). The first-order valence-corrected chi connectivity index (χ1v) is 16.7. The molecule has 3 atom stereocenters. The molecule has 6 N–H and O–H groups in total. The van der Waals surface area contributed by atoms with E-state index in [1.54, 1.807) is 78.6 Å². The van der Waals surface area contributed by atoms with E-state index >= 15 is 0 Å². The molecule has 0 saturated heterocycles. The number of nitrogens with two attached hydrogens (primary N) is 1. The number of fused-ring (bicyclic) bond motifs is 2. The number of para-hydroxylation sites is 3. The average Bonchev–Trinajstić information content (AvgIpc) is 3.59. The summed E-state index contributed by atoms with van der Waals surface area (Å²) in [5.74, 6) is 0.667. The molecule has 0 spiro atoms. The van der Waals surface area contributed by atoms with Gasteiger partial charge in [0.25, 0.3) is 11.8 Å². The SMILES string of the molecule is C[C@H](CO)N1C[C@H](C)[C@@H](CN(C)Cc2ccc(C(=O)Nc3ccccc3N)cc2)Oc2c(NC(=O)Nc3ccc4c(c3)OCO4)cccc2C1=O. The third-order valence-electron chi connectivity index (χ3n) is 8.94. The Morgan fingerprint density at radius 1 is 0.961 bits per heavy atom. The van der Waals surface area contributed by atoms with E-state index in [-0.39, 0.29) is 42.4 Å². The summed E-state index contributed by atoms with van der Waals surface area (Å²) < 4.78 is 17.4. The normalized spacial score (nSPS) is 17.1.